The highest BCUT2D eigenvalue weighted by Gasteiger charge is 2.36. The van der Waals surface area contributed by atoms with Gasteiger partial charge in [-0.25, -0.2) is 4.98 Å². The summed E-state index contributed by atoms with van der Waals surface area (Å²) in [7, 11) is -8.47. The number of methoxy groups -OCH3 is 1. The number of ether oxygens (including phenoxy) is 1. The first kappa shape index (κ1) is 16.6. The van der Waals surface area contributed by atoms with Gasteiger partial charge in [-0.15, -0.1) is 0 Å². The van der Waals surface area contributed by atoms with Crippen LogP contribution in [0.4, 0.5) is 0 Å². The van der Waals surface area contributed by atoms with Gasteiger partial charge in [0.05, 0.1) is 16.9 Å². The molecule has 0 saturated heterocycles. The molecule has 0 bridgehead atoms. The van der Waals surface area contributed by atoms with Crippen molar-refractivity contribution in [3.05, 3.63) is 29.0 Å². The van der Waals surface area contributed by atoms with Crippen molar-refractivity contribution in [2.24, 2.45) is 0 Å². The van der Waals surface area contributed by atoms with Crippen LogP contribution in [-0.2, 0) is 13.9 Å². The maximum absolute atomic E-state index is 11.5. The Labute approximate surface area is 123 Å². The maximum atomic E-state index is 11.5. The van der Waals surface area contributed by atoms with Crippen molar-refractivity contribution >= 4 is 37.9 Å². The van der Waals surface area contributed by atoms with Crippen molar-refractivity contribution in [3.63, 3.8) is 0 Å². The zero-order chi connectivity index (χ0) is 16.0. The third-order valence-electron chi connectivity index (χ3n) is 2.70. The Kier molecular flexibility index (Phi) is 4.32. The molecule has 2 aromatic heterocycles. The fourth-order valence-electron chi connectivity index (χ4n) is 1.90. The van der Waals surface area contributed by atoms with Crippen LogP contribution in [0.1, 0.15) is 11.5 Å². The normalized spacial score (nSPS) is 14.6. The predicted octanol–water partition coefficient (Wildman–Crippen LogP) is 0.613. The lowest BCUT2D eigenvalue weighted by atomic mass is 10.3. The van der Waals surface area contributed by atoms with Gasteiger partial charge < -0.3 is 24.3 Å². The van der Waals surface area contributed by atoms with Gasteiger partial charge >= 0.3 is 15.2 Å². The Balaban J connectivity index is 2.90. The molecule has 4 N–H and O–H groups in total. The van der Waals surface area contributed by atoms with E-state index >= 15 is 0 Å². The number of pyridine rings is 1. The van der Waals surface area contributed by atoms with Gasteiger partial charge in [-0.2, -0.15) is 0 Å². The van der Waals surface area contributed by atoms with E-state index in [-0.39, 0.29) is 16.4 Å². The van der Waals surface area contributed by atoms with Crippen LogP contribution in [0.25, 0.3) is 5.65 Å². The fraction of sp³-hybridized carbons (Fsp3) is 0.222. The van der Waals surface area contributed by atoms with Crippen LogP contribution < -0.4 is 5.44 Å². The Morgan fingerprint density at radius 2 is 1.90 bits per heavy atom. The number of fused-ring (bicyclic) bond motifs is 1. The topological polar surface area (TPSA) is 142 Å². The molecule has 2 heterocycles. The summed E-state index contributed by atoms with van der Waals surface area (Å²) in [5.41, 5.74) is -0.741. The first-order valence-electron chi connectivity index (χ1n) is 5.37. The molecule has 12 heteroatoms. The molecule has 9 nitrogen and oxygen atoms in total. The van der Waals surface area contributed by atoms with Crippen molar-refractivity contribution in [1.82, 2.24) is 9.38 Å². The smallest absolute Gasteiger partial charge is 0.363 e. The number of nitrogens with zero attached hydrogens (tertiary/aromatic N) is 2. The number of imidazole rings is 1. The molecule has 0 saturated carbocycles. The van der Waals surface area contributed by atoms with Gasteiger partial charge in [0.1, 0.15) is 5.65 Å². The highest BCUT2D eigenvalue weighted by molar-refractivity contribution is 7.60. The standard InChI is InChI=1S/C9H11ClN2O7P2/c1-19-9(21(16,17)18)8-5(10)2-3-6-11-4-7(12(6)8)20(13,14)15/h2-4,9H,1H3,(H2,13,14,15)(H2,16,17,18). The van der Waals surface area contributed by atoms with Crippen LogP contribution in [0.3, 0.4) is 0 Å². The summed E-state index contributed by atoms with van der Waals surface area (Å²) >= 11 is 5.94. The number of rotatable bonds is 4. The van der Waals surface area contributed by atoms with Crippen molar-refractivity contribution in [3.8, 4) is 0 Å². The second kappa shape index (κ2) is 5.46. The molecule has 0 aliphatic rings. The van der Waals surface area contributed by atoms with Crippen LogP contribution >= 0.6 is 26.8 Å². The molecule has 21 heavy (non-hydrogen) atoms. The first-order valence-corrected chi connectivity index (χ1v) is 9.04. The molecule has 2 aromatic rings. The third-order valence-corrected chi connectivity index (χ3v) is 4.99. The molecule has 0 radical (unpaired) electrons. The van der Waals surface area contributed by atoms with E-state index in [1.165, 1.54) is 12.1 Å². The van der Waals surface area contributed by atoms with Crippen LogP contribution in [-0.4, -0.2) is 36.1 Å². The SMILES string of the molecule is COC(c1c(Cl)ccc2ncc(P(=O)(O)O)n12)P(=O)(O)O. The minimum Gasteiger partial charge on any atom is -0.363 e. The molecule has 0 aromatic carbocycles. The summed E-state index contributed by atoms with van der Waals surface area (Å²) in [5, 5.41) is -0.120. The lowest BCUT2D eigenvalue weighted by molar-refractivity contribution is 0.133. The predicted molar refractivity (Wildman–Crippen MR) is 73.7 cm³/mol. The van der Waals surface area contributed by atoms with E-state index in [1.807, 2.05) is 0 Å². The lowest BCUT2D eigenvalue weighted by Gasteiger charge is -2.20. The van der Waals surface area contributed by atoms with Gasteiger partial charge in [-0.1, -0.05) is 11.6 Å². The van der Waals surface area contributed by atoms with Gasteiger partial charge in [0.25, 0.3) is 0 Å². The molecule has 0 fully saturated rings. The summed E-state index contributed by atoms with van der Waals surface area (Å²) < 4.78 is 28.7. The molecule has 0 aliphatic carbocycles. The molecular formula is C9H11ClN2O7P2. The monoisotopic (exact) mass is 356 g/mol. The van der Waals surface area contributed by atoms with Crippen LogP contribution in [0.15, 0.2) is 18.3 Å². The summed E-state index contributed by atoms with van der Waals surface area (Å²) in [6, 6.07) is 2.67. The van der Waals surface area contributed by atoms with Crippen molar-refractivity contribution in [2.45, 2.75) is 5.85 Å². The quantitative estimate of drug-likeness (QED) is 0.584. The highest BCUT2D eigenvalue weighted by Crippen LogP contribution is 2.53. The van der Waals surface area contributed by atoms with Crippen molar-refractivity contribution < 1.29 is 33.4 Å². The zero-order valence-corrected chi connectivity index (χ0v) is 13.0. The van der Waals surface area contributed by atoms with E-state index in [1.54, 1.807) is 0 Å². The van der Waals surface area contributed by atoms with Crippen molar-refractivity contribution in [1.29, 1.82) is 0 Å². The van der Waals surface area contributed by atoms with E-state index in [0.29, 0.717) is 0 Å². The second-order valence-corrected chi connectivity index (χ2v) is 7.70. The molecule has 0 aliphatic heterocycles. The molecule has 116 valence electrons. The fourth-order valence-corrected chi connectivity index (χ4v) is 3.75. The lowest BCUT2D eigenvalue weighted by Crippen LogP contribution is -2.18. The second-order valence-electron chi connectivity index (χ2n) is 4.10. The number of halogens is 1. The maximum Gasteiger partial charge on any atom is 0.374 e. The van der Waals surface area contributed by atoms with E-state index in [9.17, 15) is 28.7 Å². The van der Waals surface area contributed by atoms with E-state index in [0.717, 1.165) is 17.7 Å². The minimum absolute atomic E-state index is 0.0724. The van der Waals surface area contributed by atoms with Gasteiger partial charge in [0, 0.05) is 7.11 Å². The Bertz CT molecular complexity index is 780. The van der Waals surface area contributed by atoms with Crippen LogP contribution in [0.2, 0.25) is 5.02 Å². The van der Waals surface area contributed by atoms with E-state index in [4.69, 9.17) is 16.3 Å². The van der Waals surface area contributed by atoms with Crippen molar-refractivity contribution in [2.75, 3.05) is 7.11 Å². The molecular weight excluding hydrogens is 346 g/mol. The molecule has 0 spiro atoms. The van der Waals surface area contributed by atoms with Crippen LogP contribution in [0, 0.1) is 0 Å². The largest absolute Gasteiger partial charge is 0.374 e. The highest BCUT2D eigenvalue weighted by atomic mass is 35.5. The summed E-state index contributed by atoms with van der Waals surface area (Å²) in [6.45, 7) is 0. The van der Waals surface area contributed by atoms with Gasteiger partial charge in [-0.05, 0) is 12.1 Å². The summed E-state index contributed by atoms with van der Waals surface area (Å²) in [6.07, 6.45) is 0.919. The Morgan fingerprint density at radius 1 is 1.29 bits per heavy atom. The number of hydrogen-bond donors (Lipinski definition) is 4. The van der Waals surface area contributed by atoms with E-state index < -0.39 is 26.5 Å². The first-order chi connectivity index (χ1) is 9.57. The number of aromatic nitrogens is 2. The molecule has 1 unspecified atom stereocenters. The summed E-state index contributed by atoms with van der Waals surface area (Å²) in [5.74, 6) is -1.78. The van der Waals surface area contributed by atoms with Crippen LogP contribution in [0.5, 0.6) is 0 Å². The third kappa shape index (κ3) is 3.06. The van der Waals surface area contributed by atoms with Gasteiger partial charge in [0.2, 0.25) is 0 Å². The number of hydrogen-bond acceptors (Lipinski definition) is 4. The molecule has 1 atom stereocenters. The Morgan fingerprint density at radius 3 is 2.38 bits per heavy atom. The van der Waals surface area contributed by atoms with Gasteiger partial charge in [0.15, 0.2) is 11.3 Å². The van der Waals surface area contributed by atoms with E-state index in [2.05, 4.69) is 4.98 Å². The summed E-state index contributed by atoms with van der Waals surface area (Å²) in [4.78, 5) is 41.1. The minimum atomic E-state index is -4.79. The molecule has 2 rings (SSSR count). The Hall–Kier alpha value is -0.760. The molecule has 0 amide bonds. The van der Waals surface area contributed by atoms with Gasteiger partial charge in [-0.3, -0.25) is 13.5 Å². The average molecular weight is 357 g/mol. The average Bonchev–Trinajstić information content (AvgIpc) is 2.74. The zero-order valence-electron chi connectivity index (χ0n) is 10.5.